The molecule has 72 valence electrons. The Bertz CT molecular complexity index is 169. The van der Waals surface area contributed by atoms with Gasteiger partial charge in [0.2, 0.25) is 0 Å². The summed E-state index contributed by atoms with van der Waals surface area (Å²) in [4.78, 5) is 0. The van der Waals surface area contributed by atoms with E-state index < -0.39 is 5.92 Å². The predicted molar refractivity (Wildman–Crippen MR) is 48.5 cm³/mol. The van der Waals surface area contributed by atoms with Crippen LogP contribution in [0, 0.1) is 0 Å². The molecular weight excluding hydrogens is 158 g/mol. The van der Waals surface area contributed by atoms with Gasteiger partial charge in [0.15, 0.2) is 0 Å². The molecule has 0 nitrogen and oxygen atoms in total. The molecule has 12 heavy (non-hydrogen) atoms. The van der Waals surface area contributed by atoms with E-state index in [4.69, 9.17) is 0 Å². The fraction of sp³-hybridized carbons (Fsp3) is 0.800. The van der Waals surface area contributed by atoms with Gasteiger partial charge in [-0.2, -0.15) is 0 Å². The van der Waals surface area contributed by atoms with E-state index in [0.29, 0.717) is 6.42 Å². The lowest BCUT2D eigenvalue weighted by molar-refractivity contribution is -0.0119. The van der Waals surface area contributed by atoms with Crippen molar-refractivity contribution in [2.75, 3.05) is 0 Å². The normalized spacial score (nSPS) is 21.5. The van der Waals surface area contributed by atoms with Gasteiger partial charge in [0.1, 0.15) is 0 Å². The Kier molecular flexibility index (Phi) is 4.43. The van der Waals surface area contributed by atoms with Crippen molar-refractivity contribution in [2.24, 2.45) is 0 Å². The quantitative estimate of drug-likeness (QED) is 0.486. The zero-order chi connectivity index (χ0) is 9.78. The van der Waals surface area contributed by atoms with Crippen LogP contribution in [-0.2, 0) is 0 Å². The van der Waals surface area contributed by atoms with Gasteiger partial charge in [-0.1, -0.05) is 25.0 Å². The van der Waals surface area contributed by atoms with Gasteiger partial charge in [-0.25, -0.2) is 8.78 Å². The third-order valence-electron chi connectivity index (χ3n) is 2.12. The molecule has 1 aliphatic carbocycles. The lowest BCUT2D eigenvalue weighted by Crippen LogP contribution is -2.20. The highest BCUT2D eigenvalue weighted by molar-refractivity contribution is 5.15. The molecule has 0 unspecified atom stereocenters. The lowest BCUT2D eigenvalue weighted by Gasteiger charge is -2.23. The van der Waals surface area contributed by atoms with Gasteiger partial charge in [-0.05, 0) is 20.3 Å². The molecule has 1 aliphatic rings. The van der Waals surface area contributed by atoms with Crippen LogP contribution < -0.4 is 0 Å². The van der Waals surface area contributed by atoms with Crippen LogP contribution in [0.1, 0.15) is 47.0 Å². The standard InChI is InChI=1S/C8H12F2.C2H6/c1-6-3-4-8(9,10)5-7(6)2;1-2/h3-5H2,1-2H3;1-2H3. The lowest BCUT2D eigenvalue weighted by atomic mass is 9.91. The molecule has 0 spiro atoms. The molecule has 0 radical (unpaired) electrons. The fourth-order valence-electron chi connectivity index (χ4n) is 1.21. The molecule has 0 atom stereocenters. The summed E-state index contributed by atoms with van der Waals surface area (Å²) in [6.45, 7) is 7.73. The average molecular weight is 176 g/mol. The highest BCUT2D eigenvalue weighted by Gasteiger charge is 2.32. The zero-order valence-corrected chi connectivity index (χ0v) is 8.38. The van der Waals surface area contributed by atoms with E-state index in [0.717, 1.165) is 11.1 Å². The first-order chi connectivity index (χ1) is 5.51. The van der Waals surface area contributed by atoms with Crippen LogP contribution in [-0.4, -0.2) is 5.92 Å². The van der Waals surface area contributed by atoms with Crippen molar-refractivity contribution in [3.63, 3.8) is 0 Å². The Morgan fingerprint density at radius 3 is 1.92 bits per heavy atom. The average Bonchev–Trinajstić information content (AvgIpc) is 2.01. The van der Waals surface area contributed by atoms with Crippen LogP contribution in [0.4, 0.5) is 8.78 Å². The minimum atomic E-state index is -2.43. The van der Waals surface area contributed by atoms with E-state index in [2.05, 4.69) is 0 Å². The van der Waals surface area contributed by atoms with Crippen molar-refractivity contribution in [3.05, 3.63) is 11.1 Å². The Hall–Kier alpha value is -0.400. The Morgan fingerprint density at radius 1 is 1.08 bits per heavy atom. The van der Waals surface area contributed by atoms with Crippen molar-refractivity contribution in [3.8, 4) is 0 Å². The Morgan fingerprint density at radius 2 is 1.58 bits per heavy atom. The van der Waals surface area contributed by atoms with Crippen molar-refractivity contribution < 1.29 is 8.78 Å². The summed E-state index contributed by atoms with van der Waals surface area (Å²) in [6, 6.07) is 0. The summed E-state index contributed by atoms with van der Waals surface area (Å²) in [5.74, 6) is -2.43. The monoisotopic (exact) mass is 176 g/mol. The summed E-state index contributed by atoms with van der Waals surface area (Å²) in [6.07, 6.45) is 0.577. The van der Waals surface area contributed by atoms with E-state index in [1.807, 2.05) is 20.8 Å². The van der Waals surface area contributed by atoms with Gasteiger partial charge >= 0.3 is 0 Å². The van der Waals surface area contributed by atoms with Crippen LogP contribution in [0.3, 0.4) is 0 Å². The second kappa shape index (κ2) is 4.58. The molecule has 0 fully saturated rings. The minimum Gasteiger partial charge on any atom is -0.207 e. The number of rotatable bonds is 0. The summed E-state index contributed by atoms with van der Waals surface area (Å²) in [5, 5.41) is 0. The van der Waals surface area contributed by atoms with Crippen LogP contribution in [0.5, 0.6) is 0 Å². The second-order valence-electron chi connectivity index (χ2n) is 3.09. The number of hydrogen-bond acceptors (Lipinski definition) is 0. The minimum absolute atomic E-state index is 0.0289. The molecule has 0 saturated heterocycles. The predicted octanol–water partition coefficient (Wildman–Crippen LogP) is 4.17. The third kappa shape index (κ3) is 3.33. The maximum atomic E-state index is 12.6. The number of alkyl halides is 2. The van der Waals surface area contributed by atoms with Gasteiger partial charge in [-0.15, -0.1) is 0 Å². The van der Waals surface area contributed by atoms with Crippen LogP contribution in [0.2, 0.25) is 0 Å². The van der Waals surface area contributed by atoms with E-state index in [-0.39, 0.29) is 12.8 Å². The molecule has 0 aliphatic heterocycles. The first kappa shape index (κ1) is 11.6. The molecule has 0 N–H and O–H groups in total. The highest BCUT2D eigenvalue weighted by Crippen LogP contribution is 2.35. The maximum absolute atomic E-state index is 12.6. The largest absolute Gasteiger partial charge is 0.252 e. The van der Waals surface area contributed by atoms with Crippen LogP contribution in [0.15, 0.2) is 11.1 Å². The number of hydrogen-bond donors (Lipinski definition) is 0. The van der Waals surface area contributed by atoms with Crippen molar-refractivity contribution >= 4 is 0 Å². The Labute approximate surface area is 73.7 Å². The number of allylic oxidation sites excluding steroid dienone is 2. The topological polar surface area (TPSA) is 0 Å². The van der Waals surface area contributed by atoms with Crippen LogP contribution in [0.25, 0.3) is 0 Å². The van der Waals surface area contributed by atoms with Gasteiger partial charge in [0.25, 0.3) is 5.92 Å². The summed E-state index contributed by atoms with van der Waals surface area (Å²) < 4.78 is 25.2. The first-order valence-corrected chi connectivity index (χ1v) is 4.54. The van der Waals surface area contributed by atoms with Crippen molar-refractivity contribution in [1.82, 2.24) is 0 Å². The molecule has 1 rings (SSSR count). The first-order valence-electron chi connectivity index (χ1n) is 4.54. The van der Waals surface area contributed by atoms with Crippen LogP contribution >= 0.6 is 0 Å². The molecule has 2 heteroatoms. The van der Waals surface area contributed by atoms with Crippen molar-refractivity contribution in [2.45, 2.75) is 52.9 Å². The molecule has 0 aromatic rings. The number of halogens is 2. The molecule has 0 aromatic carbocycles. The molecular formula is C10H18F2. The molecule has 0 amide bonds. The van der Waals surface area contributed by atoms with Gasteiger partial charge in [0.05, 0.1) is 0 Å². The summed E-state index contributed by atoms with van der Waals surface area (Å²) >= 11 is 0. The summed E-state index contributed by atoms with van der Waals surface area (Å²) in [7, 11) is 0. The van der Waals surface area contributed by atoms with E-state index in [1.165, 1.54) is 0 Å². The third-order valence-corrected chi connectivity index (χ3v) is 2.12. The zero-order valence-electron chi connectivity index (χ0n) is 8.38. The molecule has 0 heterocycles. The van der Waals surface area contributed by atoms with E-state index in [9.17, 15) is 8.78 Å². The van der Waals surface area contributed by atoms with Gasteiger partial charge in [0, 0.05) is 12.8 Å². The fourth-order valence-corrected chi connectivity index (χ4v) is 1.21. The highest BCUT2D eigenvalue weighted by atomic mass is 19.3. The molecule has 0 aromatic heterocycles. The maximum Gasteiger partial charge on any atom is 0.252 e. The van der Waals surface area contributed by atoms with E-state index >= 15 is 0 Å². The summed E-state index contributed by atoms with van der Waals surface area (Å²) in [5.41, 5.74) is 2.02. The Balaban J connectivity index is 0.000000561. The smallest absolute Gasteiger partial charge is 0.207 e. The van der Waals surface area contributed by atoms with Crippen molar-refractivity contribution in [1.29, 1.82) is 0 Å². The van der Waals surface area contributed by atoms with E-state index in [1.54, 1.807) is 6.92 Å². The molecule has 0 saturated carbocycles. The van der Waals surface area contributed by atoms with Gasteiger partial charge < -0.3 is 0 Å². The molecule has 0 bridgehead atoms. The van der Waals surface area contributed by atoms with Gasteiger partial charge in [-0.3, -0.25) is 0 Å². The second-order valence-corrected chi connectivity index (χ2v) is 3.09. The SMILES string of the molecule is CC.CC1=C(C)CC(F)(F)CC1.